The van der Waals surface area contributed by atoms with E-state index in [1.54, 1.807) is 11.8 Å². The van der Waals surface area contributed by atoms with Crippen LogP contribution in [0, 0.1) is 6.92 Å². The lowest BCUT2D eigenvalue weighted by atomic mass is 10.1. The minimum absolute atomic E-state index is 0.0723. The van der Waals surface area contributed by atoms with Crippen molar-refractivity contribution in [3.63, 3.8) is 0 Å². The van der Waals surface area contributed by atoms with E-state index < -0.39 is 6.10 Å². The molecule has 0 bridgehead atoms. The fourth-order valence-corrected chi connectivity index (χ4v) is 2.19. The first-order valence-electron chi connectivity index (χ1n) is 5.34. The zero-order valence-electron chi connectivity index (χ0n) is 10.2. The first kappa shape index (κ1) is 13.7. The van der Waals surface area contributed by atoms with Crippen molar-refractivity contribution in [3.8, 4) is 0 Å². The maximum atomic E-state index is 9.92. The Labute approximate surface area is 105 Å². The molecular formula is C11H19BrN2O2. The van der Waals surface area contributed by atoms with Crippen molar-refractivity contribution in [3.05, 3.63) is 15.9 Å². The lowest BCUT2D eigenvalue weighted by Gasteiger charge is -2.15. The number of aromatic nitrogens is 2. The van der Waals surface area contributed by atoms with Crippen LogP contribution in [0.4, 0.5) is 0 Å². The fraction of sp³-hybridized carbons (Fsp3) is 0.727. The standard InChI is InChI=1S/C11H19BrN2O2/c1-7(16-4)5-9(15)6-10-11(12)8(2)13-14(10)3/h7,9,15H,5-6H2,1-4H3. The second kappa shape index (κ2) is 5.80. The van der Waals surface area contributed by atoms with Crippen LogP contribution in [0.1, 0.15) is 24.7 Å². The maximum Gasteiger partial charge on any atom is 0.0738 e. The molecule has 0 radical (unpaired) electrons. The smallest absolute Gasteiger partial charge is 0.0738 e. The Kier molecular flexibility index (Phi) is 4.95. The summed E-state index contributed by atoms with van der Waals surface area (Å²) in [6, 6.07) is 0. The molecule has 0 fully saturated rings. The number of halogens is 1. The molecule has 0 spiro atoms. The zero-order valence-corrected chi connectivity index (χ0v) is 11.8. The van der Waals surface area contributed by atoms with Crippen molar-refractivity contribution in [2.24, 2.45) is 7.05 Å². The van der Waals surface area contributed by atoms with Gasteiger partial charge in [0.15, 0.2) is 0 Å². The second-order valence-electron chi connectivity index (χ2n) is 4.11. The summed E-state index contributed by atoms with van der Waals surface area (Å²) in [4.78, 5) is 0. The maximum absolute atomic E-state index is 9.92. The molecule has 1 aromatic rings. The number of methoxy groups -OCH3 is 1. The normalized spacial score (nSPS) is 15.1. The first-order chi connectivity index (χ1) is 7.45. The lowest BCUT2D eigenvalue weighted by Crippen LogP contribution is -2.20. The molecule has 0 aromatic carbocycles. The summed E-state index contributed by atoms with van der Waals surface area (Å²) in [5.41, 5.74) is 1.97. The fourth-order valence-electron chi connectivity index (χ4n) is 1.69. The van der Waals surface area contributed by atoms with Crippen LogP contribution in [0.25, 0.3) is 0 Å². The molecule has 1 rings (SSSR count). The van der Waals surface area contributed by atoms with Crippen LogP contribution in [-0.4, -0.2) is 34.2 Å². The molecule has 2 unspecified atom stereocenters. The molecule has 0 aliphatic heterocycles. The largest absolute Gasteiger partial charge is 0.393 e. The Balaban J connectivity index is 2.65. The third-order valence-electron chi connectivity index (χ3n) is 2.70. The quantitative estimate of drug-likeness (QED) is 0.900. The van der Waals surface area contributed by atoms with E-state index >= 15 is 0 Å². The number of hydrogen-bond acceptors (Lipinski definition) is 3. The van der Waals surface area contributed by atoms with E-state index in [-0.39, 0.29) is 6.10 Å². The van der Waals surface area contributed by atoms with E-state index in [1.165, 1.54) is 0 Å². The number of nitrogens with zero attached hydrogens (tertiary/aromatic N) is 2. The minimum atomic E-state index is -0.402. The monoisotopic (exact) mass is 290 g/mol. The van der Waals surface area contributed by atoms with Crippen LogP contribution in [0.3, 0.4) is 0 Å². The van der Waals surface area contributed by atoms with Crippen molar-refractivity contribution < 1.29 is 9.84 Å². The average molecular weight is 291 g/mol. The second-order valence-corrected chi connectivity index (χ2v) is 4.90. The zero-order chi connectivity index (χ0) is 12.3. The summed E-state index contributed by atoms with van der Waals surface area (Å²) in [7, 11) is 3.54. The third kappa shape index (κ3) is 3.30. The predicted octanol–water partition coefficient (Wildman–Crippen LogP) is 1.82. The van der Waals surface area contributed by atoms with E-state index in [1.807, 2.05) is 20.9 Å². The van der Waals surface area contributed by atoms with Crippen LogP contribution in [-0.2, 0) is 18.2 Å². The molecule has 0 amide bonds. The number of aliphatic hydroxyl groups is 1. The third-order valence-corrected chi connectivity index (χ3v) is 3.73. The molecule has 0 saturated carbocycles. The van der Waals surface area contributed by atoms with Crippen LogP contribution in [0.2, 0.25) is 0 Å². The minimum Gasteiger partial charge on any atom is -0.393 e. The highest BCUT2D eigenvalue weighted by Gasteiger charge is 2.16. The Morgan fingerprint density at radius 2 is 2.19 bits per heavy atom. The van der Waals surface area contributed by atoms with Gasteiger partial charge in [-0.2, -0.15) is 5.10 Å². The van der Waals surface area contributed by atoms with Crippen molar-refractivity contribution in [2.45, 2.75) is 38.9 Å². The molecule has 1 aromatic heterocycles. The predicted molar refractivity (Wildman–Crippen MR) is 66.4 cm³/mol. The van der Waals surface area contributed by atoms with Gasteiger partial charge in [0.25, 0.3) is 0 Å². The van der Waals surface area contributed by atoms with Crippen LogP contribution >= 0.6 is 15.9 Å². The topological polar surface area (TPSA) is 47.3 Å². The highest BCUT2D eigenvalue weighted by atomic mass is 79.9. The number of hydrogen-bond donors (Lipinski definition) is 1. The van der Waals surface area contributed by atoms with E-state index in [2.05, 4.69) is 21.0 Å². The van der Waals surface area contributed by atoms with Crippen LogP contribution in [0.15, 0.2) is 4.47 Å². The summed E-state index contributed by atoms with van der Waals surface area (Å²) in [5.74, 6) is 0. The van der Waals surface area contributed by atoms with Gasteiger partial charge in [0, 0.05) is 20.6 Å². The van der Waals surface area contributed by atoms with E-state index in [0.29, 0.717) is 12.8 Å². The van der Waals surface area contributed by atoms with Crippen molar-refractivity contribution in [1.29, 1.82) is 0 Å². The summed E-state index contributed by atoms with van der Waals surface area (Å²) in [6.07, 6.45) is 0.892. The molecule has 4 nitrogen and oxygen atoms in total. The summed E-state index contributed by atoms with van der Waals surface area (Å²) >= 11 is 3.49. The van der Waals surface area contributed by atoms with Crippen molar-refractivity contribution in [1.82, 2.24) is 9.78 Å². The Morgan fingerprint density at radius 1 is 1.56 bits per heavy atom. The number of aliphatic hydroxyl groups excluding tert-OH is 1. The molecule has 0 saturated heterocycles. The molecule has 0 aliphatic carbocycles. The molecule has 92 valence electrons. The summed E-state index contributed by atoms with van der Waals surface area (Å²) in [6.45, 7) is 3.89. The number of rotatable bonds is 5. The van der Waals surface area contributed by atoms with E-state index in [9.17, 15) is 5.11 Å². The van der Waals surface area contributed by atoms with Crippen LogP contribution in [0.5, 0.6) is 0 Å². The molecule has 1 N–H and O–H groups in total. The van der Waals surface area contributed by atoms with Gasteiger partial charge < -0.3 is 9.84 Å². The number of ether oxygens (including phenoxy) is 1. The van der Waals surface area contributed by atoms with E-state index in [4.69, 9.17) is 4.74 Å². The van der Waals surface area contributed by atoms with Crippen LogP contribution < -0.4 is 0 Å². The van der Waals surface area contributed by atoms with Gasteiger partial charge >= 0.3 is 0 Å². The van der Waals surface area contributed by atoms with E-state index in [0.717, 1.165) is 15.9 Å². The van der Waals surface area contributed by atoms with Gasteiger partial charge in [-0.05, 0) is 36.2 Å². The summed E-state index contributed by atoms with van der Waals surface area (Å²) < 4.78 is 7.92. The van der Waals surface area contributed by atoms with Crippen molar-refractivity contribution >= 4 is 15.9 Å². The molecule has 2 atom stereocenters. The van der Waals surface area contributed by atoms with Gasteiger partial charge in [0.1, 0.15) is 0 Å². The van der Waals surface area contributed by atoms with Gasteiger partial charge in [0.2, 0.25) is 0 Å². The average Bonchev–Trinajstić information content (AvgIpc) is 2.45. The van der Waals surface area contributed by atoms with Gasteiger partial charge in [-0.3, -0.25) is 4.68 Å². The molecule has 5 heteroatoms. The Morgan fingerprint density at radius 3 is 2.62 bits per heavy atom. The Bertz CT molecular complexity index is 352. The van der Waals surface area contributed by atoms with Gasteiger partial charge in [-0.25, -0.2) is 0 Å². The van der Waals surface area contributed by atoms with Gasteiger partial charge in [-0.1, -0.05) is 0 Å². The molecule has 16 heavy (non-hydrogen) atoms. The lowest BCUT2D eigenvalue weighted by molar-refractivity contribution is 0.0558. The molecule has 1 heterocycles. The van der Waals surface area contributed by atoms with Gasteiger partial charge in [0.05, 0.1) is 28.1 Å². The molecular weight excluding hydrogens is 272 g/mol. The first-order valence-corrected chi connectivity index (χ1v) is 6.13. The number of aryl methyl sites for hydroxylation is 2. The Hall–Kier alpha value is -0.390. The molecule has 0 aliphatic rings. The highest BCUT2D eigenvalue weighted by molar-refractivity contribution is 9.10. The van der Waals surface area contributed by atoms with Crippen molar-refractivity contribution in [2.75, 3.05) is 7.11 Å². The van der Waals surface area contributed by atoms with Gasteiger partial charge in [-0.15, -0.1) is 0 Å². The summed E-state index contributed by atoms with van der Waals surface area (Å²) in [5, 5.41) is 14.2. The highest BCUT2D eigenvalue weighted by Crippen LogP contribution is 2.22. The SMILES string of the molecule is COC(C)CC(O)Cc1c(Br)c(C)nn1C.